The summed E-state index contributed by atoms with van der Waals surface area (Å²) in [5, 5.41) is 16.8. The molecule has 0 bridgehead atoms. The van der Waals surface area contributed by atoms with Gasteiger partial charge in [0.25, 0.3) is 0 Å². The molecule has 0 spiro atoms. The summed E-state index contributed by atoms with van der Waals surface area (Å²) in [5.41, 5.74) is 8.62. The van der Waals surface area contributed by atoms with Crippen LogP contribution in [0.5, 0.6) is 0 Å². The summed E-state index contributed by atoms with van der Waals surface area (Å²) in [7, 11) is -3.87. The van der Waals surface area contributed by atoms with Crippen LogP contribution in [-0.2, 0) is 38.3 Å². The van der Waals surface area contributed by atoms with Gasteiger partial charge in [0.15, 0.2) is 0 Å². The molecule has 1 aliphatic heterocycles. The van der Waals surface area contributed by atoms with E-state index < -0.39 is 28.0 Å². The van der Waals surface area contributed by atoms with E-state index in [0.29, 0.717) is 36.3 Å². The number of aromatic nitrogens is 1. The van der Waals surface area contributed by atoms with Crippen LogP contribution >= 0.6 is 0 Å². The highest BCUT2D eigenvalue weighted by atomic mass is 32.2. The van der Waals surface area contributed by atoms with Gasteiger partial charge in [0.05, 0.1) is 5.75 Å². The second kappa shape index (κ2) is 17.5. The number of carbonyl (C=O) groups is 2. The number of nitrogens with zero attached hydrogens (tertiary/aromatic N) is 1. The summed E-state index contributed by atoms with van der Waals surface area (Å²) in [6.45, 7) is 2.08. The third-order valence-electron chi connectivity index (χ3n) is 8.23. The number of amidine groups is 1. The molecule has 246 valence electrons. The van der Waals surface area contributed by atoms with E-state index in [4.69, 9.17) is 11.1 Å². The molecule has 2 unspecified atom stereocenters. The normalized spacial score (nSPS) is 15.0. The molecule has 2 atom stereocenters. The number of amides is 2. The lowest BCUT2D eigenvalue weighted by atomic mass is 9.91. The molecule has 0 radical (unpaired) electrons. The molecule has 4 rings (SSSR count). The molecule has 7 N–H and O–H groups in total. The Morgan fingerprint density at radius 2 is 1.59 bits per heavy atom. The fourth-order valence-corrected chi connectivity index (χ4v) is 6.96. The van der Waals surface area contributed by atoms with Crippen molar-refractivity contribution in [1.29, 1.82) is 5.41 Å². The number of nitrogens with two attached hydrogens (primary N) is 1. The number of benzene rings is 2. The van der Waals surface area contributed by atoms with Gasteiger partial charge in [-0.2, -0.15) is 0 Å². The number of piperidine rings is 1. The Labute approximate surface area is 271 Å². The fourth-order valence-electron chi connectivity index (χ4n) is 5.58. The standard InChI is InChI=1S/C34H45N7O4S/c35-32(36)29-12-9-27(10-13-29)23-39-33(42)30(14-11-26-17-21-38-22-18-26)40-34(43)31(8-4-7-25-15-19-37-20-16-25)41-46(44,45)24-28-5-2-1-3-6-28/h1-3,5-6,9-10,12-13,15-16,19-20,26,30-31,38,41H,4,7-8,11,14,17-18,21-24H2,(H3,35,36)(H,39,42)(H,40,43). The number of nitrogen functional groups attached to an aromatic ring is 1. The van der Waals surface area contributed by atoms with E-state index in [1.807, 2.05) is 18.2 Å². The third kappa shape index (κ3) is 11.7. The van der Waals surface area contributed by atoms with Gasteiger partial charge >= 0.3 is 0 Å². The smallest absolute Gasteiger partial charge is 0.242 e. The van der Waals surface area contributed by atoms with Gasteiger partial charge in [-0.1, -0.05) is 54.6 Å². The number of hydrogen-bond acceptors (Lipinski definition) is 7. The van der Waals surface area contributed by atoms with Gasteiger partial charge in [-0.15, -0.1) is 0 Å². The number of aryl methyl sites for hydroxylation is 1. The minimum Gasteiger partial charge on any atom is -0.384 e. The lowest BCUT2D eigenvalue weighted by Gasteiger charge is -2.26. The summed E-state index contributed by atoms with van der Waals surface area (Å²) in [6, 6.07) is 17.7. The van der Waals surface area contributed by atoms with E-state index in [-0.39, 0.29) is 30.5 Å². The summed E-state index contributed by atoms with van der Waals surface area (Å²) in [4.78, 5) is 31.3. The number of pyridine rings is 1. The maximum Gasteiger partial charge on any atom is 0.242 e. The molecule has 1 aromatic heterocycles. The SMILES string of the molecule is N=C(N)c1ccc(CNC(=O)C(CCC2CCNCC2)NC(=O)C(CCCc2ccncc2)NS(=O)(=O)Cc2ccccc2)cc1. The van der Waals surface area contributed by atoms with Gasteiger partial charge in [0, 0.05) is 24.5 Å². The zero-order valence-electron chi connectivity index (χ0n) is 26.1. The number of rotatable bonds is 17. The van der Waals surface area contributed by atoms with Crippen molar-refractivity contribution in [2.75, 3.05) is 13.1 Å². The minimum absolute atomic E-state index is 0.0361. The molecule has 12 heteroatoms. The molecule has 2 amide bonds. The molecule has 46 heavy (non-hydrogen) atoms. The van der Waals surface area contributed by atoms with Crippen LogP contribution in [0.4, 0.5) is 0 Å². The van der Waals surface area contributed by atoms with Crippen LogP contribution in [0.1, 0.15) is 60.8 Å². The van der Waals surface area contributed by atoms with Crippen LogP contribution < -0.4 is 26.4 Å². The van der Waals surface area contributed by atoms with Crippen molar-refractivity contribution < 1.29 is 18.0 Å². The van der Waals surface area contributed by atoms with Crippen LogP contribution in [0.15, 0.2) is 79.1 Å². The van der Waals surface area contributed by atoms with E-state index >= 15 is 0 Å². The zero-order chi connectivity index (χ0) is 32.8. The Balaban J connectivity index is 1.46. The highest BCUT2D eigenvalue weighted by Gasteiger charge is 2.29. The van der Waals surface area contributed by atoms with Crippen LogP contribution in [-0.4, -0.2) is 56.2 Å². The molecular formula is C34H45N7O4S. The lowest BCUT2D eigenvalue weighted by molar-refractivity contribution is -0.130. The average molecular weight is 648 g/mol. The Morgan fingerprint density at radius 3 is 2.26 bits per heavy atom. The highest BCUT2D eigenvalue weighted by Crippen LogP contribution is 2.19. The molecule has 2 heterocycles. The van der Waals surface area contributed by atoms with Crippen LogP contribution in [0.3, 0.4) is 0 Å². The second-order valence-electron chi connectivity index (χ2n) is 11.8. The van der Waals surface area contributed by atoms with Crippen molar-refractivity contribution >= 4 is 27.7 Å². The van der Waals surface area contributed by atoms with Crippen LogP contribution in [0.2, 0.25) is 0 Å². The number of nitrogens with one attached hydrogen (secondary N) is 5. The van der Waals surface area contributed by atoms with E-state index in [9.17, 15) is 18.0 Å². The molecule has 0 saturated carbocycles. The van der Waals surface area contributed by atoms with Crippen LogP contribution in [0.25, 0.3) is 0 Å². The average Bonchev–Trinajstić information content (AvgIpc) is 3.06. The van der Waals surface area contributed by atoms with E-state index in [0.717, 1.165) is 43.5 Å². The maximum absolute atomic E-state index is 13.8. The fraction of sp³-hybridized carbons (Fsp3) is 0.412. The van der Waals surface area contributed by atoms with E-state index in [2.05, 4.69) is 25.7 Å². The first kappa shape index (κ1) is 34.7. The van der Waals surface area contributed by atoms with Gasteiger partial charge < -0.3 is 21.7 Å². The van der Waals surface area contributed by atoms with Crippen molar-refractivity contribution in [3.8, 4) is 0 Å². The van der Waals surface area contributed by atoms with Crippen molar-refractivity contribution in [2.45, 2.75) is 69.3 Å². The number of carbonyl (C=O) groups excluding carboxylic acids is 2. The molecule has 1 saturated heterocycles. The number of hydrogen-bond donors (Lipinski definition) is 6. The third-order valence-corrected chi connectivity index (χ3v) is 9.59. The van der Waals surface area contributed by atoms with E-state index in [1.165, 1.54) is 0 Å². The van der Waals surface area contributed by atoms with Crippen molar-refractivity contribution in [1.82, 2.24) is 25.7 Å². The van der Waals surface area contributed by atoms with Gasteiger partial charge in [-0.3, -0.25) is 20.0 Å². The molecule has 2 aromatic carbocycles. The van der Waals surface area contributed by atoms with Gasteiger partial charge in [-0.05, 0) is 92.8 Å². The summed E-state index contributed by atoms with van der Waals surface area (Å²) in [5.74, 6) is -0.716. The monoisotopic (exact) mass is 647 g/mol. The predicted molar refractivity (Wildman–Crippen MR) is 179 cm³/mol. The molecule has 1 fully saturated rings. The van der Waals surface area contributed by atoms with E-state index in [1.54, 1.807) is 60.9 Å². The molecule has 3 aromatic rings. The van der Waals surface area contributed by atoms with Gasteiger partial charge in [0.2, 0.25) is 21.8 Å². The Bertz CT molecular complexity index is 1510. The number of sulfonamides is 1. The van der Waals surface area contributed by atoms with Crippen molar-refractivity contribution in [2.24, 2.45) is 11.7 Å². The predicted octanol–water partition coefficient (Wildman–Crippen LogP) is 2.76. The Hall–Kier alpha value is -4.13. The second-order valence-corrected chi connectivity index (χ2v) is 13.6. The molecule has 0 aliphatic carbocycles. The lowest BCUT2D eigenvalue weighted by Crippen LogP contribution is -2.53. The van der Waals surface area contributed by atoms with Crippen LogP contribution in [0, 0.1) is 11.3 Å². The van der Waals surface area contributed by atoms with Gasteiger partial charge in [0.1, 0.15) is 17.9 Å². The Morgan fingerprint density at radius 1 is 0.891 bits per heavy atom. The first-order valence-corrected chi connectivity index (χ1v) is 17.5. The quantitative estimate of drug-likeness (QED) is 0.0963. The summed E-state index contributed by atoms with van der Waals surface area (Å²) >= 11 is 0. The minimum atomic E-state index is -3.87. The maximum atomic E-state index is 13.8. The summed E-state index contributed by atoms with van der Waals surface area (Å²) in [6.07, 6.45) is 8.06. The van der Waals surface area contributed by atoms with Crippen molar-refractivity contribution in [3.63, 3.8) is 0 Å². The first-order valence-electron chi connectivity index (χ1n) is 15.8. The van der Waals surface area contributed by atoms with Gasteiger partial charge in [-0.25, -0.2) is 13.1 Å². The van der Waals surface area contributed by atoms with Crippen molar-refractivity contribution in [3.05, 3.63) is 101 Å². The Kier molecular flexibility index (Phi) is 13.2. The largest absolute Gasteiger partial charge is 0.384 e. The first-order chi connectivity index (χ1) is 22.2. The molecular weight excluding hydrogens is 602 g/mol. The molecule has 11 nitrogen and oxygen atoms in total. The molecule has 1 aliphatic rings. The zero-order valence-corrected chi connectivity index (χ0v) is 26.9. The topological polar surface area (TPSA) is 179 Å². The summed E-state index contributed by atoms with van der Waals surface area (Å²) < 4.78 is 29.1. The highest BCUT2D eigenvalue weighted by molar-refractivity contribution is 7.88.